The van der Waals surface area contributed by atoms with Gasteiger partial charge in [-0.05, 0) is 68.1 Å². The van der Waals surface area contributed by atoms with Crippen molar-refractivity contribution in [3.05, 3.63) is 0 Å². The van der Waals surface area contributed by atoms with E-state index in [1.54, 1.807) is 6.92 Å². The lowest BCUT2D eigenvalue weighted by Crippen LogP contribution is -2.64. The Labute approximate surface area is 296 Å². The van der Waals surface area contributed by atoms with Crippen molar-refractivity contribution < 1.29 is 71.8 Å². The van der Waals surface area contributed by atoms with Crippen molar-refractivity contribution in [1.29, 1.82) is 0 Å². The van der Waals surface area contributed by atoms with Crippen molar-refractivity contribution in [3.8, 4) is 0 Å². The first-order chi connectivity index (χ1) is 23.9. The van der Waals surface area contributed by atoms with Gasteiger partial charge in [0.25, 0.3) is 0 Å². The van der Waals surface area contributed by atoms with Crippen molar-refractivity contribution >= 4 is 41.4 Å². The van der Waals surface area contributed by atoms with Gasteiger partial charge in [0.15, 0.2) is 36.5 Å². The largest absolute Gasteiger partial charge is 0.467 e. The fraction of sp³-hybridized carbons (Fsp3) is 0.806. The Bertz CT molecular complexity index is 1440. The molecule has 0 radical (unpaired) electrons. The maximum absolute atomic E-state index is 14.2. The molecule has 0 bridgehead atoms. The van der Waals surface area contributed by atoms with Crippen LogP contribution in [0.4, 0.5) is 0 Å². The lowest BCUT2D eigenvalue weighted by Gasteiger charge is -2.60. The highest BCUT2D eigenvalue weighted by Gasteiger charge is 2.69. The van der Waals surface area contributed by atoms with Crippen LogP contribution >= 0.6 is 0 Å². The second-order valence-corrected chi connectivity index (χ2v) is 15.4. The van der Waals surface area contributed by atoms with Crippen LogP contribution in [0.25, 0.3) is 0 Å². The van der Waals surface area contributed by atoms with Crippen molar-refractivity contribution in [2.24, 2.45) is 34.5 Å². The van der Waals surface area contributed by atoms with Gasteiger partial charge in [-0.2, -0.15) is 0 Å². The summed E-state index contributed by atoms with van der Waals surface area (Å²) in [6, 6.07) is 0. The molecule has 1 heterocycles. The van der Waals surface area contributed by atoms with Crippen LogP contribution in [0.3, 0.4) is 0 Å². The van der Waals surface area contributed by atoms with Gasteiger partial charge in [-0.1, -0.05) is 13.8 Å². The predicted molar refractivity (Wildman–Crippen MR) is 171 cm³/mol. The van der Waals surface area contributed by atoms with Crippen LogP contribution in [0.5, 0.6) is 0 Å². The number of esters is 5. The number of carbonyl (C=O) groups excluding carboxylic acids is 7. The molecule has 7 unspecified atom stereocenters. The summed E-state index contributed by atoms with van der Waals surface area (Å²) in [5.41, 5.74) is -3.33. The molecule has 0 amide bonds. The molecule has 284 valence electrons. The van der Waals surface area contributed by atoms with Gasteiger partial charge in [-0.25, -0.2) is 4.79 Å². The summed E-state index contributed by atoms with van der Waals surface area (Å²) in [6.45, 7) is 7.76. The maximum Gasteiger partial charge on any atom is 0.339 e. The number of ketones is 2. The Morgan fingerprint density at radius 2 is 1.41 bits per heavy atom. The summed E-state index contributed by atoms with van der Waals surface area (Å²) in [6.07, 6.45) is -4.05. The zero-order valence-electron chi connectivity index (χ0n) is 30.3. The average molecular weight is 723 g/mol. The van der Waals surface area contributed by atoms with E-state index in [1.165, 1.54) is 6.92 Å². The average Bonchev–Trinajstić information content (AvgIpc) is 3.31. The van der Waals surface area contributed by atoms with Gasteiger partial charge in [-0.15, -0.1) is 0 Å². The Hall–Kier alpha value is -3.43. The zero-order valence-corrected chi connectivity index (χ0v) is 30.3. The Morgan fingerprint density at radius 1 is 0.804 bits per heavy atom. The van der Waals surface area contributed by atoms with Gasteiger partial charge >= 0.3 is 29.8 Å². The molecule has 0 aromatic rings. The first-order valence-electron chi connectivity index (χ1n) is 17.7. The van der Waals surface area contributed by atoms with E-state index < -0.39 is 78.0 Å². The van der Waals surface area contributed by atoms with Gasteiger partial charge in [0.1, 0.15) is 24.1 Å². The Balaban J connectivity index is 1.36. The number of carbonyl (C=O) groups is 7. The SMILES string of the molecule is COC(=O)C1O[C@H](OCC(=O)[C@@]2(O)CCC3C4CCC5C[C@H](OC(C)=O)CCC5(C)C4C(=O)CC32C)[C@@H](OC(C)=O)[C@H](OC(C)=O)[C@H]1OC(C)=O. The van der Waals surface area contributed by atoms with Crippen LogP contribution in [-0.2, 0) is 66.7 Å². The van der Waals surface area contributed by atoms with Crippen molar-refractivity contribution in [2.75, 3.05) is 13.7 Å². The number of rotatable bonds is 9. The maximum atomic E-state index is 14.2. The lowest BCUT2D eigenvalue weighted by atomic mass is 9.44. The van der Waals surface area contributed by atoms with Crippen molar-refractivity contribution in [2.45, 2.75) is 135 Å². The summed E-state index contributed by atoms with van der Waals surface area (Å²) in [5.74, 6) is -4.83. The van der Waals surface area contributed by atoms with E-state index in [-0.39, 0.29) is 59.8 Å². The normalized spacial score (nSPS) is 41.5. The van der Waals surface area contributed by atoms with Crippen LogP contribution in [0.2, 0.25) is 0 Å². The van der Waals surface area contributed by atoms with E-state index in [2.05, 4.69) is 6.92 Å². The molecule has 15 heteroatoms. The monoisotopic (exact) mass is 722 g/mol. The van der Waals surface area contributed by atoms with Crippen LogP contribution < -0.4 is 0 Å². The van der Waals surface area contributed by atoms with Crippen molar-refractivity contribution in [1.82, 2.24) is 0 Å². The predicted octanol–water partition coefficient (Wildman–Crippen LogP) is 2.15. The second kappa shape index (κ2) is 14.5. The molecule has 5 fully saturated rings. The number of ether oxygens (including phenoxy) is 7. The van der Waals surface area contributed by atoms with Crippen LogP contribution in [0.1, 0.15) is 92.9 Å². The van der Waals surface area contributed by atoms with Gasteiger partial charge in [0, 0.05) is 45.4 Å². The quantitative estimate of drug-likeness (QED) is 0.268. The molecular weight excluding hydrogens is 672 g/mol. The number of aliphatic hydroxyl groups is 1. The van der Waals surface area contributed by atoms with E-state index in [4.69, 9.17) is 33.2 Å². The highest BCUT2D eigenvalue weighted by atomic mass is 16.7. The number of methoxy groups -OCH3 is 1. The van der Waals surface area contributed by atoms with Crippen molar-refractivity contribution in [3.63, 3.8) is 0 Å². The topological polar surface area (TPSA) is 204 Å². The molecule has 51 heavy (non-hydrogen) atoms. The molecule has 4 saturated carbocycles. The first-order valence-corrected chi connectivity index (χ1v) is 17.7. The van der Waals surface area contributed by atoms with Gasteiger partial charge in [0.2, 0.25) is 0 Å². The third-order valence-electron chi connectivity index (χ3n) is 12.5. The fourth-order valence-electron chi connectivity index (χ4n) is 10.3. The van der Waals surface area contributed by atoms with Gasteiger partial charge in [0.05, 0.1) is 7.11 Å². The smallest absolute Gasteiger partial charge is 0.339 e. The van der Waals surface area contributed by atoms with E-state index in [9.17, 15) is 38.7 Å². The fourth-order valence-corrected chi connectivity index (χ4v) is 10.3. The van der Waals surface area contributed by atoms with Crippen LogP contribution in [0.15, 0.2) is 0 Å². The summed E-state index contributed by atoms with van der Waals surface area (Å²) in [5, 5.41) is 12.2. The number of fused-ring (bicyclic) bond motifs is 5. The van der Waals surface area contributed by atoms with Crippen LogP contribution in [-0.4, -0.2) is 103 Å². The summed E-state index contributed by atoms with van der Waals surface area (Å²) in [7, 11) is 1.05. The van der Waals surface area contributed by atoms with Gasteiger partial charge in [-0.3, -0.25) is 28.8 Å². The molecule has 0 spiro atoms. The molecule has 1 N–H and O–H groups in total. The summed E-state index contributed by atoms with van der Waals surface area (Å²) >= 11 is 0. The number of hydrogen-bond acceptors (Lipinski definition) is 15. The van der Waals surface area contributed by atoms with E-state index in [1.807, 2.05) is 0 Å². The van der Waals surface area contributed by atoms with Gasteiger partial charge < -0.3 is 38.3 Å². The number of hydrogen-bond donors (Lipinski definition) is 1. The highest BCUT2D eigenvalue weighted by Crippen LogP contribution is 2.67. The van der Waals surface area contributed by atoms with E-state index in [0.29, 0.717) is 19.3 Å². The first kappa shape index (κ1) is 38.8. The number of Topliss-reactive ketones (excluding diaryl/α,β-unsaturated/α-hetero) is 2. The highest BCUT2D eigenvalue weighted by molar-refractivity contribution is 5.92. The molecule has 1 saturated heterocycles. The molecule has 5 aliphatic rings. The Kier molecular flexibility index (Phi) is 11.1. The minimum Gasteiger partial charge on any atom is -0.467 e. The van der Waals surface area contributed by atoms with Crippen LogP contribution in [0, 0.1) is 34.5 Å². The minimum absolute atomic E-state index is 0.00420. The zero-order chi connectivity index (χ0) is 37.6. The minimum atomic E-state index is -1.95. The summed E-state index contributed by atoms with van der Waals surface area (Å²) in [4.78, 5) is 89.0. The van der Waals surface area contributed by atoms with E-state index >= 15 is 0 Å². The van der Waals surface area contributed by atoms with E-state index in [0.717, 1.165) is 47.1 Å². The molecule has 1 aliphatic heterocycles. The standard InChI is InChI=1S/C36H50O15/c1-17(37)47-22-10-12-34(5)21(14-22)8-9-23-24-11-13-36(44,35(24,6)15-25(41)27(23)34)26(42)16-46-33-31(50-20(4)40)29(49-19(3)39)28(48-18(2)38)30(51-33)32(43)45-7/h21-24,27-31,33,44H,8-16H2,1-7H3/t21?,22-,23?,24?,27?,28-,29-,30?,31+,33+,34?,35?,36+/m1/s1. The molecule has 0 aromatic carbocycles. The summed E-state index contributed by atoms with van der Waals surface area (Å²) < 4.78 is 38.0. The second-order valence-electron chi connectivity index (χ2n) is 15.4. The molecular formula is C36H50O15. The lowest BCUT2D eigenvalue weighted by molar-refractivity contribution is -0.300. The molecule has 4 aliphatic carbocycles. The molecule has 15 nitrogen and oxygen atoms in total. The molecule has 5 rings (SSSR count). The third-order valence-corrected chi connectivity index (χ3v) is 12.5. The third kappa shape index (κ3) is 7.05. The molecule has 0 aromatic heterocycles. The Morgan fingerprint density at radius 3 is 2.02 bits per heavy atom. The molecule has 13 atom stereocenters.